The van der Waals surface area contributed by atoms with Crippen LogP contribution in [0.3, 0.4) is 0 Å². The summed E-state index contributed by atoms with van der Waals surface area (Å²) in [5, 5.41) is 3.81. The molecule has 1 aromatic carbocycles. The predicted octanol–water partition coefficient (Wildman–Crippen LogP) is 2.55. The van der Waals surface area contributed by atoms with Gasteiger partial charge in [-0.3, -0.25) is 14.4 Å². The summed E-state index contributed by atoms with van der Waals surface area (Å²) in [4.78, 5) is 40.7. The Kier molecular flexibility index (Phi) is 7.55. The number of benzene rings is 1. The zero-order valence-corrected chi connectivity index (χ0v) is 18.1. The maximum atomic E-state index is 12.4. The number of likely N-dealkylation sites (tertiary alicyclic amines) is 2. The second-order valence-corrected chi connectivity index (χ2v) is 8.69. The van der Waals surface area contributed by atoms with Crippen molar-refractivity contribution in [2.24, 2.45) is 5.92 Å². The van der Waals surface area contributed by atoms with E-state index in [1.807, 2.05) is 12.1 Å². The average Bonchev–Trinajstić information content (AvgIpc) is 3.23. The van der Waals surface area contributed by atoms with Gasteiger partial charge in [-0.05, 0) is 63.4 Å². The monoisotopic (exact) mass is 439 g/mol. The van der Waals surface area contributed by atoms with Crippen LogP contribution in [0.25, 0.3) is 0 Å². The maximum absolute atomic E-state index is 12.4. The molecule has 0 radical (unpaired) electrons. The molecule has 0 saturated carbocycles. The summed E-state index contributed by atoms with van der Waals surface area (Å²) in [6, 6.07) is 5.91. The number of rotatable bonds is 8. The molecule has 2 heterocycles. The van der Waals surface area contributed by atoms with E-state index in [4.69, 9.17) is 23.2 Å². The van der Waals surface area contributed by atoms with Crippen LogP contribution in [0.2, 0.25) is 10.0 Å². The Balaban J connectivity index is 1.42. The molecule has 0 spiro atoms. The highest BCUT2D eigenvalue weighted by atomic mass is 35.5. The van der Waals surface area contributed by atoms with Crippen molar-refractivity contribution in [3.8, 4) is 0 Å². The number of hydrogen-bond donors (Lipinski definition) is 1. The molecular formula is C21H27Cl2N3O3. The van der Waals surface area contributed by atoms with Crippen LogP contribution in [-0.4, -0.2) is 66.7 Å². The van der Waals surface area contributed by atoms with E-state index in [1.165, 1.54) is 11.3 Å². The lowest BCUT2D eigenvalue weighted by Crippen LogP contribution is -2.36. The van der Waals surface area contributed by atoms with Crippen molar-refractivity contribution in [3.63, 3.8) is 0 Å². The molecule has 0 aromatic heterocycles. The van der Waals surface area contributed by atoms with E-state index in [9.17, 15) is 14.4 Å². The van der Waals surface area contributed by atoms with Gasteiger partial charge in [0, 0.05) is 25.7 Å². The number of carbonyl (C=O) groups excluding carboxylic acids is 3. The van der Waals surface area contributed by atoms with Crippen molar-refractivity contribution >= 4 is 40.8 Å². The van der Waals surface area contributed by atoms with Crippen LogP contribution in [0.15, 0.2) is 18.2 Å². The lowest BCUT2D eigenvalue weighted by Gasteiger charge is -2.22. The first-order chi connectivity index (χ1) is 13.9. The third kappa shape index (κ3) is 5.50. The first-order valence-electron chi connectivity index (χ1n) is 10.1. The summed E-state index contributed by atoms with van der Waals surface area (Å²) < 4.78 is 0. The van der Waals surface area contributed by atoms with Crippen LogP contribution < -0.4 is 5.32 Å². The van der Waals surface area contributed by atoms with Crippen molar-refractivity contribution in [3.05, 3.63) is 33.8 Å². The van der Waals surface area contributed by atoms with Crippen LogP contribution >= 0.6 is 23.2 Å². The molecule has 2 amide bonds. The fraction of sp³-hybridized carbons (Fsp3) is 0.571. The van der Waals surface area contributed by atoms with Gasteiger partial charge < -0.3 is 15.1 Å². The van der Waals surface area contributed by atoms with Crippen LogP contribution in [0.4, 0.5) is 0 Å². The molecule has 2 unspecified atom stereocenters. The van der Waals surface area contributed by atoms with E-state index in [0.717, 1.165) is 31.4 Å². The number of carbonyl (C=O) groups is 3. The zero-order valence-electron chi connectivity index (χ0n) is 16.6. The number of nitrogens with zero attached hydrogens (tertiary/aromatic N) is 2. The number of aryl methyl sites for hydroxylation is 1. The third-order valence-electron chi connectivity index (χ3n) is 5.86. The molecular weight excluding hydrogens is 413 g/mol. The number of amides is 2. The standard InChI is InChI=1S/C21H27Cl2N3O3/c1-25-10-3-5-15(25)8-11-26-13-16(19(27)21(26)29)20(28)24-9-2-4-14-6-7-17(22)18(23)12-14/h6-7,12,15-16H,2-5,8-11,13H2,1H3,(H,24,28). The summed E-state index contributed by atoms with van der Waals surface area (Å²) in [5.41, 5.74) is 1.03. The van der Waals surface area contributed by atoms with E-state index >= 15 is 0 Å². The van der Waals surface area contributed by atoms with E-state index in [2.05, 4.69) is 17.3 Å². The molecule has 1 N–H and O–H groups in total. The molecule has 2 aliphatic heterocycles. The smallest absolute Gasteiger partial charge is 0.290 e. The van der Waals surface area contributed by atoms with Gasteiger partial charge in [0.15, 0.2) is 0 Å². The highest BCUT2D eigenvalue weighted by Crippen LogP contribution is 2.23. The first-order valence-corrected chi connectivity index (χ1v) is 10.9. The molecule has 2 saturated heterocycles. The van der Waals surface area contributed by atoms with Gasteiger partial charge in [-0.1, -0.05) is 29.3 Å². The molecule has 2 fully saturated rings. The van der Waals surface area contributed by atoms with Crippen molar-refractivity contribution in [2.45, 2.75) is 38.1 Å². The predicted molar refractivity (Wildman–Crippen MR) is 113 cm³/mol. The normalized spacial score (nSPS) is 22.5. The second kappa shape index (κ2) is 9.92. The number of Topliss-reactive ketones (excluding diaryl/α,β-unsaturated/α-hetero) is 1. The third-order valence-corrected chi connectivity index (χ3v) is 6.60. The van der Waals surface area contributed by atoms with Crippen LogP contribution in [0.5, 0.6) is 0 Å². The molecule has 1 aromatic rings. The van der Waals surface area contributed by atoms with Gasteiger partial charge in [0.25, 0.3) is 5.91 Å². The van der Waals surface area contributed by atoms with Gasteiger partial charge in [0.05, 0.1) is 10.0 Å². The average molecular weight is 440 g/mol. The van der Waals surface area contributed by atoms with Crippen molar-refractivity contribution in [2.75, 3.05) is 33.2 Å². The van der Waals surface area contributed by atoms with Crippen molar-refractivity contribution < 1.29 is 14.4 Å². The molecule has 0 aliphatic carbocycles. The van der Waals surface area contributed by atoms with Gasteiger partial charge in [-0.25, -0.2) is 0 Å². The van der Waals surface area contributed by atoms with Gasteiger partial charge in [0.1, 0.15) is 5.92 Å². The Hall–Kier alpha value is -1.63. The lowest BCUT2D eigenvalue weighted by molar-refractivity contribution is -0.142. The summed E-state index contributed by atoms with van der Waals surface area (Å²) in [7, 11) is 2.09. The molecule has 29 heavy (non-hydrogen) atoms. The molecule has 2 atom stereocenters. The summed E-state index contributed by atoms with van der Waals surface area (Å²) >= 11 is 11.9. The Bertz CT molecular complexity index is 786. The van der Waals surface area contributed by atoms with Crippen molar-refractivity contribution in [1.82, 2.24) is 15.1 Å². The minimum Gasteiger partial charge on any atom is -0.355 e. The molecule has 2 aliphatic rings. The molecule has 158 valence electrons. The fourth-order valence-electron chi connectivity index (χ4n) is 4.06. The highest BCUT2D eigenvalue weighted by molar-refractivity contribution is 6.42. The van der Waals surface area contributed by atoms with Crippen LogP contribution in [-0.2, 0) is 20.8 Å². The summed E-state index contributed by atoms with van der Waals surface area (Å²) in [6.45, 7) is 2.22. The largest absolute Gasteiger partial charge is 0.355 e. The van der Waals surface area contributed by atoms with Crippen LogP contribution in [0, 0.1) is 5.92 Å². The number of nitrogens with one attached hydrogen (secondary N) is 1. The Labute approximate surface area is 181 Å². The Morgan fingerprint density at radius 1 is 1.24 bits per heavy atom. The molecule has 8 heteroatoms. The zero-order chi connectivity index (χ0) is 21.0. The lowest BCUT2D eigenvalue weighted by atomic mass is 10.1. The van der Waals surface area contributed by atoms with Gasteiger partial charge in [-0.2, -0.15) is 0 Å². The van der Waals surface area contributed by atoms with Gasteiger partial charge in [0.2, 0.25) is 11.7 Å². The quantitative estimate of drug-likeness (QED) is 0.383. The maximum Gasteiger partial charge on any atom is 0.290 e. The topological polar surface area (TPSA) is 69.7 Å². The van der Waals surface area contributed by atoms with Gasteiger partial charge in [-0.15, -0.1) is 0 Å². The van der Waals surface area contributed by atoms with Gasteiger partial charge >= 0.3 is 0 Å². The fourth-order valence-corrected chi connectivity index (χ4v) is 4.38. The SMILES string of the molecule is CN1CCCC1CCN1CC(C(=O)NCCCc2ccc(Cl)c(Cl)c2)C(=O)C1=O. The highest BCUT2D eigenvalue weighted by Gasteiger charge is 2.43. The molecule has 3 rings (SSSR count). The van der Waals surface area contributed by atoms with E-state index < -0.39 is 17.6 Å². The number of halogens is 2. The van der Waals surface area contributed by atoms with E-state index in [1.54, 1.807) is 6.07 Å². The summed E-state index contributed by atoms with van der Waals surface area (Å²) in [5.74, 6) is -2.37. The van der Waals surface area contributed by atoms with Crippen molar-refractivity contribution in [1.29, 1.82) is 0 Å². The number of hydrogen-bond acceptors (Lipinski definition) is 4. The molecule has 0 bridgehead atoms. The van der Waals surface area contributed by atoms with E-state index in [-0.39, 0.29) is 12.5 Å². The minimum absolute atomic E-state index is 0.187. The molecule has 6 nitrogen and oxygen atoms in total. The Morgan fingerprint density at radius 3 is 2.72 bits per heavy atom. The van der Waals surface area contributed by atoms with Crippen LogP contribution in [0.1, 0.15) is 31.2 Å². The summed E-state index contributed by atoms with van der Waals surface area (Å²) in [6.07, 6.45) is 4.57. The Morgan fingerprint density at radius 2 is 2.03 bits per heavy atom. The number of ketones is 1. The first kappa shape index (κ1) is 22.1. The van der Waals surface area contributed by atoms with E-state index in [0.29, 0.717) is 35.6 Å². The second-order valence-electron chi connectivity index (χ2n) is 7.88. The minimum atomic E-state index is -0.895.